The van der Waals surface area contributed by atoms with E-state index in [1.54, 1.807) is 6.92 Å². The predicted octanol–water partition coefficient (Wildman–Crippen LogP) is 0.915. The second-order valence-corrected chi connectivity index (χ2v) is 5.69. The summed E-state index contributed by atoms with van der Waals surface area (Å²) in [7, 11) is 0. The first-order valence-electron chi connectivity index (χ1n) is 6.13. The maximum Gasteiger partial charge on any atom is 0.323 e. The van der Waals surface area contributed by atoms with Gasteiger partial charge in [-0.2, -0.15) is 0 Å². The highest BCUT2D eigenvalue weighted by atomic mass is 32.2. The number of ether oxygens (including phenoxy) is 1. The third kappa shape index (κ3) is 7.55. The fraction of sp³-hybridized carbons (Fsp3) is 0.833. The average Bonchev–Trinajstić information content (AvgIpc) is 2.28. The van der Waals surface area contributed by atoms with Gasteiger partial charge in [-0.1, -0.05) is 6.92 Å². The molecule has 18 heavy (non-hydrogen) atoms. The van der Waals surface area contributed by atoms with Gasteiger partial charge in [0, 0.05) is 11.3 Å². The normalized spacial score (nSPS) is 12.9. The molecule has 0 aromatic rings. The van der Waals surface area contributed by atoms with Crippen molar-refractivity contribution in [3.63, 3.8) is 0 Å². The van der Waals surface area contributed by atoms with E-state index in [0.29, 0.717) is 18.1 Å². The van der Waals surface area contributed by atoms with E-state index in [4.69, 9.17) is 10.5 Å². The Bertz CT molecular complexity index is 282. The average molecular weight is 276 g/mol. The van der Waals surface area contributed by atoms with E-state index in [-0.39, 0.29) is 11.4 Å². The van der Waals surface area contributed by atoms with Crippen LogP contribution in [0.25, 0.3) is 0 Å². The lowest BCUT2D eigenvalue weighted by Gasteiger charge is -2.24. The zero-order valence-electron chi connectivity index (χ0n) is 11.6. The van der Waals surface area contributed by atoms with E-state index in [0.717, 1.165) is 6.42 Å². The monoisotopic (exact) mass is 276 g/mol. The van der Waals surface area contributed by atoms with Crippen LogP contribution in [0, 0.1) is 0 Å². The third-order valence-electron chi connectivity index (χ3n) is 2.48. The van der Waals surface area contributed by atoms with Crippen LogP contribution in [0.2, 0.25) is 0 Å². The summed E-state index contributed by atoms with van der Waals surface area (Å²) in [6.07, 6.45) is 0.867. The molecule has 6 heteroatoms. The zero-order chi connectivity index (χ0) is 14.2. The molecule has 0 fully saturated rings. The number of rotatable bonds is 8. The number of carbonyl (C=O) groups excluding carboxylic acids is 2. The molecule has 0 aliphatic heterocycles. The summed E-state index contributed by atoms with van der Waals surface area (Å²) in [5.74, 6) is 0.234. The van der Waals surface area contributed by atoms with E-state index >= 15 is 0 Å². The van der Waals surface area contributed by atoms with Gasteiger partial charge in [0.1, 0.15) is 6.04 Å². The Balaban J connectivity index is 3.84. The maximum atomic E-state index is 11.6. The predicted molar refractivity (Wildman–Crippen MR) is 74.4 cm³/mol. The lowest BCUT2D eigenvalue weighted by molar-refractivity contribution is -0.144. The SMILES string of the molecule is CCOC(=O)C(N)CSCC(=O)NC(C)(C)CC. The second-order valence-electron chi connectivity index (χ2n) is 4.66. The molecule has 1 atom stereocenters. The van der Waals surface area contributed by atoms with Crippen molar-refractivity contribution in [1.82, 2.24) is 5.32 Å². The molecule has 106 valence electrons. The van der Waals surface area contributed by atoms with Gasteiger partial charge < -0.3 is 15.8 Å². The van der Waals surface area contributed by atoms with Crippen LogP contribution < -0.4 is 11.1 Å². The van der Waals surface area contributed by atoms with Crippen LogP contribution in [-0.4, -0.2) is 41.6 Å². The quantitative estimate of drug-likeness (QED) is 0.644. The van der Waals surface area contributed by atoms with Crippen LogP contribution in [0.3, 0.4) is 0 Å². The summed E-state index contributed by atoms with van der Waals surface area (Å²) >= 11 is 1.34. The van der Waals surface area contributed by atoms with Crippen molar-refractivity contribution < 1.29 is 14.3 Å². The molecular weight excluding hydrogens is 252 g/mol. The minimum Gasteiger partial charge on any atom is -0.465 e. The Labute approximate surface area is 113 Å². The van der Waals surface area contributed by atoms with Crippen molar-refractivity contribution in [3.05, 3.63) is 0 Å². The van der Waals surface area contributed by atoms with Crippen LogP contribution in [-0.2, 0) is 14.3 Å². The molecule has 0 aliphatic carbocycles. The van der Waals surface area contributed by atoms with Gasteiger partial charge in [0.15, 0.2) is 0 Å². The van der Waals surface area contributed by atoms with E-state index in [1.165, 1.54) is 11.8 Å². The third-order valence-corrected chi connectivity index (χ3v) is 3.54. The van der Waals surface area contributed by atoms with Crippen molar-refractivity contribution in [2.75, 3.05) is 18.1 Å². The van der Waals surface area contributed by atoms with Crippen molar-refractivity contribution in [3.8, 4) is 0 Å². The number of hydrogen-bond acceptors (Lipinski definition) is 5. The van der Waals surface area contributed by atoms with Gasteiger partial charge >= 0.3 is 5.97 Å². The van der Waals surface area contributed by atoms with E-state index < -0.39 is 12.0 Å². The Morgan fingerprint density at radius 3 is 2.50 bits per heavy atom. The maximum absolute atomic E-state index is 11.6. The number of nitrogens with two attached hydrogens (primary N) is 1. The molecule has 0 saturated heterocycles. The first kappa shape index (κ1) is 17.2. The highest BCUT2D eigenvalue weighted by molar-refractivity contribution is 8.00. The standard InChI is InChI=1S/C12H24N2O3S/c1-5-12(3,4)14-10(15)8-18-7-9(13)11(16)17-6-2/h9H,5-8,13H2,1-4H3,(H,14,15). The molecule has 0 saturated carbocycles. The molecule has 0 bridgehead atoms. The van der Waals surface area contributed by atoms with Gasteiger partial charge in [-0.05, 0) is 27.2 Å². The van der Waals surface area contributed by atoms with Crippen LogP contribution in [0.1, 0.15) is 34.1 Å². The van der Waals surface area contributed by atoms with Crippen molar-refractivity contribution >= 4 is 23.6 Å². The van der Waals surface area contributed by atoms with Crippen LogP contribution >= 0.6 is 11.8 Å². The number of thioether (sulfide) groups is 1. The molecule has 0 aliphatic rings. The molecule has 3 N–H and O–H groups in total. The van der Waals surface area contributed by atoms with Gasteiger partial charge in [0.25, 0.3) is 0 Å². The zero-order valence-corrected chi connectivity index (χ0v) is 12.4. The van der Waals surface area contributed by atoms with E-state index in [9.17, 15) is 9.59 Å². The molecule has 0 spiro atoms. The molecular formula is C12H24N2O3S. The van der Waals surface area contributed by atoms with Crippen LogP contribution in [0.15, 0.2) is 0 Å². The fourth-order valence-electron chi connectivity index (χ4n) is 1.10. The first-order chi connectivity index (χ1) is 8.32. The minimum absolute atomic E-state index is 0.0390. The van der Waals surface area contributed by atoms with E-state index in [2.05, 4.69) is 5.32 Å². The van der Waals surface area contributed by atoms with E-state index in [1.807, 2.05) is 20.8 Å². The second kappa shape index (κ2) is 8.37. The topological polar surface area (TPSA) is 81.4 Å². The largest absolute Gasteiger partial charge is 0.465 e. The van der Waals surface area contributed by atoms with Crippen LogP contribution in [0.5, 0.6) is 0 Å². The Morgan fingerprint density at radius 1 is 1.39 bits per heavy atom. The number of amides is 1. The summed E-state index contributed by atoms with van der Waals surface area (Å²) in [4.78, 5) is 22.8. The number of carbonyl (C=O) groups is 2. The Hall–Kier alpha value is -0.750. The molecule has 0 aromatic carbocycles. The lowest BCUT2D eigenvalue weighted by atomic mass is 10.0. The first-order valence-corrected chi connectivity index (χ1v) is 7.28. The van der Waals surface area contributed by atoms with Gasteiger partial charge in [-0.3, -0.25) is 9.59 Å². The number of nitrogens with one attached hydrogen (secondary N) is 1. The van der Waals surface area contributed by atoms with Gasteiger partial charge in [-0.25, -0.2) is 0 Å². The van der Waals surface area contributed by atoms with Crippen molar-refractivity contribution in [1.29, 1.82) is 0 Å². The molecule has 1 amide bonds. The highest BCUT2D eigenvalue weighted by Gasteiger charge is 2.19. The Morgan fingerprint density at radius 2 is 2.00 bits per heavy atom. The summed E-state index contributed by atoms with van der Waals surface area (Å²) in [5, 5.41) is 2.92. The molecule has 0 rings (SSSR count). The Kier molecular flexibility index (Phi) is 8.02. The number of esters is 1. The molecule has 0 aromatic heterocycles. The molecule has 1 unspecified atom stereocenters. The smallest absolute Gasteiger partial charge is 0.323 e. The highest BCUT2D eigenvalue weighted by Crippen LogP contribution is 2.08. The van der Waals surface area contributed by atoms with Gasteiger partial charge in [0.2, 0.25) is 5.91 Å². The number of hydrogen-bond donors (Lipinski definition) is 2. The van der Waals surface area contributed by atoms with Crippen LogP contribution in [0.4, 0.5) is 0 Å². The molecule has 0 radical (unpaired) electrons. The van der Waals surface area contributed by atoms with Crippen molar-refractivity contribution in [2.24, 2.45) is 5.73 Å². The van der Waals surface area contributed by atoms with Gasteiger partial charge in [0.05, 0.1) is 12.4 Å². The fourth-order valence-corrected chi connectivity index (χ4v) is 1.86. The molecule has 0 heterocycles. The van der Waals surface area contributed by atoms with Crippen molar-refractivity contribution in [2.45, 2.75) is 45.7 Å². The summed E-state index contributed by atoms with van der Waals surface area (Å²) in [6.45, 7) is 8.02. The molecule has 5 nitrogen and oxygen atoms in total. The summed E-state index contributed by atoms with van der Waals surface area (Å²) < 4.78 is 4.78. The lowest BCUT2D eigenvalue weighted by Crippen LogP contribution is -2.44. The van der Waals surface area contributed by atoms with Gasteiger partial charge in [-0.15, -0.1) is 11.8 Å². The minimum atomic E-state index is -0.665. The summed E-state index contributed by atoms with van der Waals surface area (Å²) in [5.41, 5.74) is 5.42. The summed E-state index contributed by atoms with van der Waals surface area (Å²) in [6, 6.07) is -0.665.